The van der Waals surface area contributed by atoms with Gasteiger partial charge in [0.25, 0.3) is 0 Å². The number of fused-ring (bicyclic) bond motifs is 1. The van der Waals surface area contributed by atoms with E-state index in [-0.39, 0.29) is 36.1 Å². The second-order valence-corrected chi connectivity index (χ2v) is 9.83. The summed E-state index contributed by atoms with van der Waals surface area (Å²) in [6, 6.07) is 0. The van der Waals surface area contributed by atoms with E-state index in [1.807, 2.05) is 6.92 Å². The van der Waals surface area contributed by atoms with Crippen LogP contribution >= 0.6 is 0 Å². The van der Waals surface area contributed by atoms with E-state index < -0.39 is 5.60 Å². The van der Waals surface area contributed by atoms with Crippen LogP contribution in [0.5, 0.6) is 0 Å². The number of carbonyl (C=O) groups is 1. The lowest BCUT2D eigenvalue weighted by Crippen LogP contribution is -2.56. The fourth-order valence-electron chi connectivity index (χ4n) is 5.97. The Labute approximate surface area is 170 Å². The molecule has 1 saturated carbocycles. The first kappa shape index (κ1) is 21.8. The average Bonchev–Trinajstić information content (AvgIpc) is 2.56. The highest BCUT2D eigenvalue weighted by molar-refractivity contribution is 5.66. The van der Waals surface area contributed by atoms with E-state index in [2.05, 4.69) is 38.7 Å². The van der Waals surface area contributed by atoms with E-state index in [1.54, 1.807) is 0 Å². The van der Waals surface area contributed by atoms with Gasteiger partial charge < -0.3 is 14.6 Å². The van der Waals surface area contributed by atoms with Gasteiger partial charge in [0, 0.05) is 38.9 Å². The zero-order valence-corrected chi connectivity index (χ0v) is 18.5. The first-order valence-corrected chi connectivity index (χ1v) is 11.1. The predicted octanol–water partition coefficient (Wildman–Crippen LogP) is 3.41. The van der Waals surface area contributed by atoms with E-state index in [1.165, 1.54) is 6.92 Å². The lowest BCUT2D eigenvalue weighted by Gasteiger charge is -2.53. The molecule has 2 aliphatic carbocycles. The van der Waals surface area contributed by atoms with Crippen LogP contribution < -0.4 is 0 Å². The fourth-order valence-corrected chi connectivity index (χ4v) is 5.97. The number of nitrogens with zero attached hydrogens (tertiary/aromatic N) is 1. The first-order valence-electron chi connectivity index (χ1n) is 11.1. The van der Waals surface area contributed by atoms with Gasteiger partial charge in [0.1, 0.15) is 6.10 Å². The second-order valence-electron chi connectivity index (χ2n) is 9.83. The molecule has 0 aromatic carbocycles. The van der Waals surface area contributed by atoms with Crippen molar-refractivity contribution in [3.63, 3.8) is 0 Å². The Kier molecular flexibility index (Phi) is 6.58. The van der Waals surface area contributed by atoms with Gasteiger partial charge in [0.15, 0.2) is 0 Å². The molecule has 0 aromatic heterocycles. The van der Waals surface area contributed by atoms with Crippen molar-refractivity contribution in [2.75, 3.05) is 19.6 Å². The molecule has 0 spiro atoms. The quantitative estimate of drug-likeness (QED) is 0.586. The number of ether oxygens (including phenoxy) is 2. The van der Waals surface area contributed by atoms with Crippen LogP contribution in [-0.4, -0.2) is 59.5 Å². The summed E-state index contributed by atoms with van der Waals surface area (Å²) in [5, 5.41) is 11.7. The molecule has 0 amide bonds. The molecule has 0 radical (unpaired) electrons. The predicted molar refractivity (Wildman–Crippen MR) is 110 cm³/mol. The van der Waals surface area contributed by atoms with Crippen LogP contribution in [0.25, 0.3) is 0 Å². The van der Waals surface area contributed by atoms with Crippen LogP contribution in [0, 0.1) is 23.7 Å². The Bertz CT molecular complexity index is 595. The molecule has 5 heteroatoms. The molecule has 2 fully saturated rings. The highest BCUT2D eigenvalue weighted by atomic mass is 16.5. The van der Waals surface area contributed by atoms with Gasteiger partial charge in [-0.25, -0.2) is 0 Å². The molecule has 3 aliphatic rings. The number of rotatable bonds is 4. The molecule has 1 unspecified atom stereocenters. The summed E-state index contributed by atoms with van der Waals surface area (Å²) in [4.78, 5) is 14.0. The number of aliphatic hydroxyl groups is 1. The van der Waals surface area contributed by atoms with E-state index in [0.29, 0.717) is 18.3 Å². The van der Waals surface area contributed by atoms with Gasteiger partial charge in [-0.15, -0.1) is 0 Å². The van der Waals surface area contributed by atoms with Crippen molar-refractivity contribution in [1.82, 2.24) is 4.90 Å². The van der Waals surface area contributed by atoms with E-state index in [9.17, 15) is 9.90 Å². The summed E-state index contributed by atoms with van der Waals surface area (Å²) < 4.78 is 11.4. The summed E-state index contributed by atoms with van der Waals surface area (Å²) >= 11 is 0. The molecule has 1 N–H and O–H groups in total. The minimum Gasteiger partial charge on any atom is -0.458 e. The van der Waals surface area contributed by atoms with Crippen molar-refractivity contribution in [2.24, 2.45) is 23.7 Å². The second kappa shape index (κ2) is 8.45. The fraction of sp³-hybridized carbons (Fsp3) is 0.870. The van der Waals surface area contributed by atoms with Crippen LogP contribution in [0.2, 0.25) is 0 Å². The van der Waals surface area contributed by atoms with Gasteiger partial charge in [-0.05, 0) is 56.9 Å². The van der Waals surface area contributed by atoms with E-state index in [0.717, 1.165) is 38.0 Å². The van der Waals surface area contributed by atoms with Gasteiger partial charge >= 0.3 is 5.97 Å². The van der Waals surface area contributed by atoms with E-state index in [4.69, 9.17) is 9.47 Å². The maximum atomic E-state index is 11.7. The van der Waals surface area contributed by atoms with Gasteiger partial charge in [0.2, 0.25) is 0 Å². The number of esters is 1. The lowest BCUT2D eigenvalue weighted by atomic mass is 9.57. The molecule has 160 valence electrons. The zero-order valence-electron chi connectivity index (χ0n) is 18.5. The number of carbonyl (C=O) groups excluding carboxylic acids is 1. The maximum absolute atomic E-state index is 11.7. The largest absolute Gasteiger partial charge is 0.458 e. The Morgan fingerprint density at radius 2 is 1.96 bits per heavy atom. The Morgan fingerprint density at radius 1 is 1.32 bits per heavy atom. The molecule has 1 aliphatic heterocycles. The molecule has 0 bridgehead atoms. The van der Waals surface area contributed by atoms with E-state index >= 15 is 0 Å². The van der Waals surface area contributed by atoms with Crippen molar-refractivity contribution in [3.8, 4) is 0 Å². The Morgan fingerprint density at radius 3 is 2.57 bits per heavy atom. The molecule has 3 rings (SSSR count). The minimum absolute atomic E-state index is 0.133. The van der Waals surface area contributed by atoms with Gasteiger partial charge in [0.05, 0.1) is 17.8 Å². The third-order valence-corrected chi connectivity index (χ3v) is 7.37. The number of hydrogen-bond acceptors (Lipinski definition) is 5. The SMILES string of the molecule is CC(=O)O[C@@H]1C[C@@]2(O)[C@H](C)CC[C@@H](C(C)CN3C[C@@H](C)O[C@@H](C)C3)[C@H]2C=C1C. The molecule has 1 heterocycles. The Hall–Kier alpha value is -0.910. The van der Waals surface area contributed by atoms with Crippen LogP contribution in [0.1, 0.15) is 60.8 Å². The molecule has 28 heavy (non-hydrogen) atoms. The maximum Gasteiger partial charge on any atom is 0.303 e. The van der Waals surface area contributed by atoms with Crippen molar-refractivity contribution in [1.29, 1.82) is 0 Å². The monoisotopic (exact) mass is 393 g/mol. The standard InChI is InChI=1S/C23H39NO4/c1-14-9-21-20(15(2)11-24-12-17(4)27-18(5)13-24)8-7-16(3)23(21,26)10-22(14)28-19(6)25/h9,15-18,20-22,26H,7-8,10-13H2,1-6H3/t15?,16-,17-,18+,20+,21-,22-,23-/m1/s1. The van der Waals surface area contributed by atoms with Crippen molar-refractivity contribution in [2.45, 2.75) is 84.7 Å². The average molecular weight is 394 g/mol. The molecule has 8 atom stereocenters. The molecule has 5 nitrogen and oxygen atoms in total. The van der Waals surface area contributed by atoms with Gasteiger partial charge in [-0.1, -0.05) is 19.9 Å². The van der Waals surface area contributed by atoms with Crippen molar-refractivity contribution in [3.05, 3.63) is 11.6 Å². The summed E-state index contributed by atoms with van der Waals surface area (Å²) in [5.41, 5.74) is 0.298. The third kappa shape index (κ3) is 4.47. The van der Waals surface area contributed by atoms with Crippen molar-refractivity contribution < 1.29 is 19.4 Å². The summed E-state index contributed by atoms with van der Waals surface area (Å²) in [6.45, 7) is 15.3. The normalized spacial score (nSPS) is 43.0. The highest BCUT2D eigenvalue weighted by Crippen LogP contribution is 2.51. The van der Waals surface area contributed by atoms with Gasteiger partial charge in [-0.3, -0.25) is 9.69 Å². The first-order chi connectivity index (χ1) is 13.1. The topological polar surface area (TPSA) is 59.0 Å². The molecule has 1 saturated heterocycles. The molecular formula is C23H39NO4. The lowest BCUT2D eigenvalue weighted by molar-refractivity contribution is -0.160. The smallest absolute Gasteiger partial charge is 0.303 e. The summed E-state index contributed by atoms with van der Waals surface area (Å²) in [5.74, 6) is 1.02. The van der Waals surface area contributed by atoms with Crippen LogP contribution in [-0.2, 0) is 14.3 Å². The highest BCUT2D eigenvalue weighted by Gasteiger charge is 2.52. The number of hydrogen-bond donors (Lipinski definition) is 1. The molecule has 0 aromatic rings. The molecular weight excluding hydrogens is 354 g/mol. The number of morpholine rings is 1. The van der Waals surface area contributed by atoms with Crippen LogP contribution in [0.3, 0.4) is 0 Å². The minimum atomic E-state index is -0.789. The van der Waals surface area contributed by atoms with Crippen molar-refractivity contribution >= 4 is 5.97 Å². The summed E-state index contributed by atoms with van der Waals surface area (Å²) in [6.07, 6.45) is 5.18. The van der Waals surface area contributed by atoms with Crippen LogP contribution in [0.4, 0.5) is 0 Å². The van der Waals surface area contributed by atoms with Crippen LogP contribution in [0.15, 0.2) is 11.6 Å². The zero-order chi connectivity index (χ0) is 20.6. The summed E-state index contributed by atoms with van der Waals surface area (Å²) in [7, 11) is 0. The Balaban J connectivity index is 1.76. The van der Waals surface area contributed by atoms with Gasteiger partial charge in [-0.2, -0.15) is 0 Å². The third-order valence-electron chi connectivity index (χ3n) is 7.37.